The van der Waals surface area contributed by atoms with Gasteiger partial charge in [0.05, 0.1) is 7.11 Å². The van der Waals surface area contributed by atoms with Crippen molar-refractivity contribution in [3.8, 4) is 0 Å². The lowest BCUT2D eigenvalue weighted by Gasteiger charge is -2.07. The number of carbonyl (C=O) groups is 2. The van der Waals surface area contributed by atoms with E-state index in [9.17, 15) is 9.59 Å². The number of hydrogen-bond acceptors (Lipinski definition) is 6. The maximum atomic E-state index is 11.3. The van der Waals surface area contributed by atoms with Crippen molar-refractivity contribution < 1.29 is 14.3 Å². The number of rotatable bonds is 5. The van der Waals surface area contributed by atoms with Gasteiger partial charge in [0.25, 0.3) is 0 Å². The van der Waals surface area contributed by atoms with E-state index < -0.39 is 5.97 Å². The van der Waals surface area contributed by atoms with E-state index in [1.54, 1.807) is 20.0 Å². The molecule has 7 nitrogen and oxygen atoms in total. The molecule has 1 amide bonds. The molecule has 0 unspecified atom stereocenters. The van der Waals surface area contributed by atoms with Gasteiger partial charge >= 0.3 is 5.97 Å². The summed E-state index contributed by atoms with van der Waals surface area (Å²) in [6, 6.07) is 1.69. The molecule has 7 heteroatoms. The molecule has 98 valence electrons. The van der Waals surface area contributed by atoms with E-state index in [2.05, 4.69) is 25.3 Å². The third-order valence-electron chi connectivity index (χ3n) is 2.16. The van der Waals surface area contributed by atoms with Crippen molar-refractivity contribution in [1.29, 1.82) is 0 Å². The minimum Gasteiger partial charge on any atom is -0.463 e. The summed E-state index contributed by atoms with van der Waals surface area (Å²) >= 11 is 0. The van der Waals surface area contributed by atoms with Crippen LogP contribution in [0.25, 0.3) is 0 Å². The summed E-state index contributed by atoms with van der Waals surface area (Å²) in [5, 5.41) is 5.47. The summed E-state index contributed by atoms with van der Waals surface area (Å²) in [7, 11) is 2.85. The van der Waals surface area contributed by atoms with Gasteiger partial charge in [-0.25, -0.2) is 14.8 Å². The quantitative estimate of drug-likeness (QED) is 0.723. The van der Waals surface area contributed by atoms with Crippen LogP contribution in [0.15, 0.2) is 6.07 Å². The zero-order chi connectivity index (χ0) is 13.5. The number of anilines is 1. The number of hydrogen-bond donors (Lipinski definition) is 2. The third-order valence-corrected chi connectivity index (χ3v) is 2.16. The molecule has 0 bridgehead atoms. The Labute approximate surface area is 105 Å². The molecule has 1 rings (SSSR count). The molecule has 1 aromatic rings. The first-order valence-electron chi connectivity index (χ1n) is 5.45. The molecule has 0 aliphatic heterocycles. The van der Waals surface area contributed by atoms with E-state index >= 15 is 0 Å². The van der Waals surface area contributed by atoms with Gasteiger partial charge in [-0.2, -0.15) is 0 Å². The number of carbonyl (C=O) groups excluding carboxylic acids is 2. The standard InChI is InChI=1S/C11H16N4O3/c1-7-6-8(13-5-4-9(16)12-2)15-10(14-7)11(17)18-3/h6H,4-5H2,1-3H3,(H,12,16)(H,13,14,15). The Morgan fingerprint density at radius 3 is 2.72 bits per heavy atom. The fourth-order valence-corrected chi connectivity index (χ4v) is 1.27. The molecule has 0 atom stereocenters. The lowest BCUT2D eigenvalue weighted by molar-refractivity contribution is -0.120. The van der Waals surface area contributed by atoms with Crippen molar-refractivity contribution in [2.45, 2.75) is 13.3 Å². The Morgan fingerprint density at radius 2 is 2.11 bits per heavy atom. The summed E-state index contributed by atoms with van der Waals surface area (Å²) in [6.07, 6.45) is 0.326. The van der Waals surface area contributed by atoms with Crippen LogP contribution in [-0.4, -0.2) is 42.5 Å². The van der Waals surface area contributed by atoms with E-state index in [4.69, 9.17) is 0 Å². The van der Waals surface area contributed by atoms with Crippen molar-refractivity contribution in [2.24, 2.45) is 0 Å². The summed E-state index contributed by atoms with van der Waals surface area (Å²) in [6.45, 7) is 2.18. The van der Waals surface area contributed by atoms with Crippen LogP contribution in [0.4, 0.5) is 5.82 Å². The lowest BCUT2D eigenvalue weighted by Crippen LogP contribution is -2.21. The van der Waals surface area contributed by atoms with Crippen LogP contribution in [0.1, 0.15) is 22.7 Å². The summed E-state index contributed by atoms with van der Waals surface area (Å²) in [5.74, 6) is -0.165. The molecule has 0 fully saturated rings. The molecule has 0 saturated heterocycles. The molecule has 2 N–H and O–H groups in total. The van der Waals surface area contributed by atoms with Gasteiger partial charge in [0.2, 0.25) is 11.7 Å². The van der Waals surface area contributed by atoms with Gasteiger partial charge in [-0.15, -0.1) is 0 Å². The van der Waals surface area contributed by atoms with E-state index in [-0.39, 0.29) is 11.7 Å². The molecule has 1 aromatic heterocycles. The number of methoxy groups -OCH3 is 1. The molecule has 0 spiro atoms. The molecule has 0 radical (unpaired) electrons. The zero-order valence-corrected chi connectivity index (χ0v) is 10.6. The first kappa shape index (κ1) is 13.9. The maximum Gasteiger partial charge on any atom is 0.376 e. The fraction of sp³-hybridized carbons (Fsp3) is 0.455. The van der Waals surface area contributed by atoms with Crippen LogP contribution in [0.3, 0.4) is 0 Å². The molecule has 1 heterocycles. The van der Waals surface area contributed by atoms with Crippen molar-refractivity contribution in [1.82, 2.24) is 15.3 Å². The van der Waals surface area contributed by atoms with Gasteiger partial charge < -0.3 is 15.4 Å². The van der Waals surface area contributed by atoms with Gasteiger partial charge in [-0.1, -0.05) is 0 Å². The number of ether oxygens (including phenoxy) is 1. The number of nitrogens with zero attached hydrogens (tertiary/aromatic N) is 2. The molecule has 0 aliphatic carbocycles. The lowest BCUT2D eigenvalue weighted by atomic mass is 10.3. The summed E-state index contributed by atoms with van der Waals surface area (Å²) < 4.78 is 4.55. The first-order chi connectivity index (χ1) is 8.56. The maximum absolute atomic E-state index is 11.3. The van der Waals surface area contributed by atoms with E-state index in [1.165, 1.54) is 7.11 Å². The fourth-order valence-electron chi connectivity index (χ4n) is 1.27. The monoisotopic (exact) mass is 252 g/mol. The Balaban J connectivity index is 2.68. The number of amides is 1. The number of esters is 1. The minimum atomic E-state index is -0.590. The largest absolute Gasteiger partial charge is 0.463 e. The second-order valence-corrected chi connectivity index (χ2v) is 3.56. The van der Waals surface area contributed by atoms with Crippen LogP contribution in [0.5, 0.6) is 0 Å². The van der Waals surface area contributed by atoms with Gasteiger partial charge in [-0.3, -0.25) is 4.79 Å². The smallest absolute Gasteiger partial charge is 0.376 e. The van der Waals surface area contributed by atoms with Crippen LogP contribution in [0, 0.1) is 6.92 Å². The first-order valence-corrected chi connectivity index (χ1v) is 5.45. The Hall–Kier alpha value is -2.18. The summed E-state index contributed by atoms with van der Waals surface area (Å²) in [4.78, 5) is 30.3. The molecule has 18 heavy (non-hydrogen) atoms. The zero-order valence-electron chi connectivity index (χ0n) is 10.6. The van der Waals surface area contributed by atoms with Gasteiger partial charge in [0.15, 0.2) is 0 Å². The Morgan fingerprint density at radius 1 is 1.39 bits per heavy atom. The van der Waals surface area contributed by atoms with Crippen molar-refractivity contribution in [2.75, 3.05) is 26.0 Å². The van der Waals surface area contributed by atoms with E-state index in [0.29, 0.717) is 24.5 Å². The van der Waals surface area contributed by atoms with Crippen LogP contribution in [0.2, 0.25) is 0 Å². The van der Waals surface area contributed by atoms with E-state index in [0.717, 1.165) is 0 Å². The third kappa shape index (κ3) is 4.00. The summed E-state index contributed by atoms with van der Waals surface area (Å²) in [5.41, 5.74) is 0.646. The van der Waals surface area contributed by atoms with Crippen molar-refractivity contribution in [3.05, 3.63) is 17.6 Å². The Bertz CT molecular complexity index is 448. The van der Waals surface area contributed by atoms with Gasteiger partial charge in [0.1, 0.15) is 5.82 Å². The average molecular weight is 252 g/mol. The van der Waals surface area contributed by atoms with Crippen LogP contribution >= 0.6 is 0 Å². The van der Waals surface area contributed by atoms with E-state index in [1.807, 2.05) is 0 Å². The minimum absolute atomic E-state index is 0.0000527. The van der Waals surface area contributed by atoms with Crippen LogP contribution < -0.4 is 10.6 Å². The highest BCUT2D eigenvalue weighted by molar-refractivity contribution is 5.85. The predicted octanol–water partition coefficient (Wildman–Crippen LogP) is 0.120. The number of aryl methyl sites for hydroxylation is 1. The van der Waals surface area contributed by atoms with Gasteiger partial charge in [0, 0.05) is 31.8 Å². The molecule has 0 aliphatic rings. The SMILES string of the molecule is CNC(=O)CCNc1cc(C)nc(C(=O)OC)n1. The topological polar surface area (TPSA) is 93.2 Å². The second-order valence-electron chi connectivity index (χ2n) is 3.56. The predicted molar refractivity (Wildman–Crippen MR) is 65.3 cm³/mol. The number of nitrogens with one attached hydrogen (secondary N) is 2. The highest BCUT2D eigenvalue weighted by Crippen LogP contribution is 2.07. The van der Waals surface area contributed by atoms with Crippen LogP contribution in [-0.2, 0) is 9.53 Å². The Kier molecular flexibility index (Phi) is 5.04. The number of aromatic nitrogens is 2. The second kappa shape index (κ2) is 6.53. The van der Waals surface area contributed by atoms with Gasteiger partial charge in [-0.05, 0) is 6.92 Å². The average Bonchev–Trinajstić information content (AvgIpc) is 2.36. The molecular formula is C11H16N4O3. The normalized spacial score (nSPS) is 9.72. The molecule has 0 saturated carbocycles. The molecular weight excluding hydrogens is 236 g/mol. The highest BCUT2D eigenvalue weighted by Gasteiger charge is 2.11. The highest BCUT2D eigenvalue weighted by atomic mass is 16.5. The van der Waals surface area contributed by atoms with Crippen molar-refractivity contribution >= 4 is 17.7 Å². The molecule has 0 aromatic carbocycles. The van der Waals surface area contributed by atoms with Crippen molar-refractivity contribution in [3.63, 3.8) is 0 Å².